The summed E-state index contributed by atoms with van der Waals surface area (Å²) in [5.41, 5.74) is 2.81. The Hall–Kier alpha value is -3.06. The number of oxime groups is 1. The molecule has 0 aromatic heterocycles. The second-order valence-electron chi connectivity index (χ2n) is 6.18. The summed E-state index contributed by atoms with van der Waals surface area (Å²) in [5, 5.41) is 6.61. The fourth-order valence-corrected chi connectivity index (χ4v) is 3.09. The van der Waals surface area contributed by atoms with Crippen LogP contribution in [0.3, 0.4) is 0 Å². The molecule has 0 saturated carbocycles. The summed E-state index contributed by atoms with van der Waals surface area (Å²) in [7, 11) is 1.49. The number of rotatable bonds is 6. The first-order valence-corrected chi connectivity index (χ1v) is 9.09. The second kappa shape index (κ2) is 9.23. The van der Waals surface area contributed by atoms with E-state index in [1.165, 1.54) is 12.7 Å². The van der Waals surface area contributed by atoms with Crippen LogP contribution < -0.4 is 10.1 Å². The van der Waals surface area contributed by atoms with Gasteiger partial charge in [0.05, 0.1) is 12.8 Å². The van der Waals surface area contributed by atoms with E-state index in [1.54, 1.807) is 23.1 Å². The molecule has 28 heavy (non-hydrogen) atoms. The van der Waals surface area contributed by atoms with E-state index in [9.17, 15) is 9.59 Å². The zero-order chi connectivity index (χ0) is 19.9. The zero-order valence-corrected chi connectivity index (χ0v) is 16.1. The summed E-state index contributed by atoms with van der Waals surface area (Å²) in [6.45, 7) is 0.960. The van der Waals surface area contributed by atoms with Crippen molar-refractivity contribution in [2.24, 2.45) is 5.16 Å². The Balaban J connectivity index is 1.47. The third kappa shape index (κ3) is 5.01. The number of amides is 2. The molecule has 3 rings (SSSR count). The van der Waals surface area contributed by atoms with E-state index in [0.717, 1.165) is 18.2 Å². The lowest BCUT2D eigenvalue weighted by atomic mass is 10.00. The standard InChI is InChI=1S/C20H20ClN3O4/c1-27-18-7-6-16(21)10-17(18)23-19(25)11-22-28-13-20(26)24-9-8-14-4-2-3-5-15(14)12-24/h2-7,10-11H,8-9,12-13H2,1H3,(H,23,25)/b22-11-. The van der Waals surface area contributed by atoms with Gasteiger partial charge >= 0.3 is 0 Å². The number of methoxy groups -OCH3 is 1. The predicted molar refractivity (Wildman–Crippen MR) is 107 cm³/mol. The van der Waals surface area contributed by atoms with Crippen LogP contribution in [0.2, 0.25) is 5.02 Å². The number of halogens is 1. The van der Waals surface area contributed by atoms with Gasteiger partial charge in [0.1, 0.15) is 12.0 Å². The topological polar surface area (TPSA) is 80.2 Å². The largest absolute Gasteiger partial charge is 0.495 e. The minimum absolute atomic E-state index is 0.177. The van der Waals surface area contributed by atoms with Gasteiger partial charge in [0, 0.05) is 18.1 Å². The molecular formula is C20H20ClN3O4. The smallest absolute Gasteiger partial charge is 0.270 e. The van der Waals surface area contributed by atoms with E-state index in [1.807, 2.05) is 18.2 Å². The van der Waals surface area contributed by atoms with E-state index >= 15 is 0 Å². The van der Waals surface area contributed by atoms with Crippen molar-refractivity contribution >= 4 is 35.3 Å². The number of nitrogens with zero attached hydrogens (tertiary/aromatic N) is 2. The van der Waals surface area contributed by atoms with Gasteiger partial charge in [0.25, 0.3) is 11.8 Å². The average molecular weight is 402 g/mol. The van der Waals surface area contributed by atoms with E-state index in [2.05, 4.69) is 16.5 Å². The van der Waals surface area contributed by atoms with Crippen LogP contribution >= 0.6 is 11.6 Å². The number of hydrogen-bond acceptors (Lipinski definition) is 5. The van der Waals surface area contributed by atoms with E-state index < -0.39 is 5.91 Å². The van der Waals surface area contributed by atoms with Crippen LogP contribution in [0.4, 0.5) is 5.69 Å². The number of anilines is 1. The van der Waals surface area contributed by atoms with Crippen molar-refractivity contribution in [2.75, 3.05) is 25.6 Å². The molecule has 1 aliphatic heterocycles. The maximum atomic E-state index is 12.3. The quantitative estimate of drug-likeness (QED) is 0.596. The lowest BCUT2D eigenvalue weighted by Gasteiger charge is -2.28. The molecule has 2 aromatic carbocycles. The van der Waals surface area contributed by atoms with Crippen LogP contribution in [0.5, 0.6) is 5.75 Å². The van der Waals surface area contributed by atoms with Crippen molar-refractivity contribution in [2.45, 2.75) is 13.0 Å². The average Bonchev–Trinajstić information content (AvgIpc) is 2.71. The molecule has 0 fully saturated rings. The summed E-state index contributed by atoms with van der Waals surface area (Å²) in [5.74, 6) is -0.240. The van der Waals surface area contributed by atoms with Crippen LogP contribution in [0.1, 0.15) is 11.1 Å². The highest BCUT2D eigenvalue weighted by Crippen LogP contribution is 2.27. The molecule has 1 aliphatic rings. The summed E-state index contributed by atoms with van der Waals surface area (Å²) in [4.78, 5) is 30.9. The van der Waals surface area contributed by atoms with Crippen LogP contribution in [0.25, 0.3) is 0 Å². The second-order valence-corrected chi connectivity index (χ2v) is 6.61. The summed E-state index contributed by atoms with van der Waals surface area (Å²) >= 11 is 5.92. The molecule has 8 heteroatoms. The Morgan fingerprint density at radius 3 is 2.82 bits per heavy atom. The Bertz CT molecular complexity index is 901. The number of hydrogen-bond donors (Lipinski definition) is 1. The minimum atomic E-state index is -0.528. The summed E-state index contributed by atoms with van der Waals surface area (Å²) < 4.78 is 5.15. The zero-order valence-electron chi connectivity index (χ0n) is 15.4. The summed E-state index contributed by atoms with van der Waals surface area (Å²) in [6, 6.07) is 12.9. The first kappa shape index (κ1) is 19.7. The van der Waals surface area contributed by atoms with Gasteiger partial charge < -0.3 is 19.8 Å². The normalized spacial score (nSPS) is 13.1. The highest BCUT2D eigenvalue weighted by Gasteiger charge is 2.20. The fourth-order valence-electron chi connectivity index (χ4n) is 2.92. The lowest BCUT2D eigenvalue weighted by Crippen LogP contribution is -2.37. The molecule has 2 amide bonds. The van der Waals surface area contributed by atoms with Crippen molar-refractivity contribution in [3.63, 3.8) is 0 Å². The van der Waals surface area contributed by atoms with E-state index in [-0.39, 0.29) is 12.5 Å². The number of nitrogens with one attached hydrogen (secondary N) is 1. The Kier molecular flexibility index (Phi) is 6.49. The number of carbonyl (C=O) groups excluding carboxylic acids is 2. The molecule has 0 atom stereocenters. The molecule has 0 aliphatic carbocycles. The molecular weight excluding hydrogens is 382 g/mol. The van der Waals surface area contributed by atoms with Gasteiger partial charge in [-0.1, -0.05) is 41.0 Å². The Morgan fingerprint density at radius 2 is 2.04 bits per heavy atom. The molecule has 0 bridgehead atoms. The molecule has 2 aromatic rings. The van der Waals surface area contributed by atoms with Crippen LogP contribution in [0.15, 0.2) is 47.6 Å². The van der Waals surface area contributed by atoms with Crippen molar-refractivity contribution in [1.29, 1.82) is 0 Å². The van der Waals surface area contributed by atoms with E-state index in [0.29, 0.717) is 29.5 Å². The highest BCUT2D eigenvalue weighted by molar-refractivity contribution is 6.33. The number of ether oxygens (including phenoxy) is 1. The molecule has 1 N–H and O–H groups in total. The van der Waals surface area contributed by atoms with Gasteiger partial charge in [-0.25, -0.2) is 0 Å². The Morgan fingerprint density at radius 1 is 1.25 bits per heavy atom. The van der Waals surface area contributed by atoms with Gasteiger partial charge in [-0.15, -0.1) is 0 Å². The Labute approximate surface area is 167 Å². The van der Waals surface area contributed by atoms with Crippen LogP contribution in [0, 0.1) is 0 Å². The third-order valence-electron chi connectivity index (χ3n) is 4.34. The first-order chi connectivity index (χ1) is 13.6. The van der Waals surface area contributed by atoms with Crippen molar-refractivity contribution in [1.82, 2.24) is 4.90 Å². The fraction of sp³-hybridized carbons (Fsp3) is 0.250. The van der Waals surface area contributed by atoms with Crippen molar-refractivity contribution < 1.29 is 19.2 Å². The minimum Gasteiger partial charge on any atom is -0.495 e. The number of benzene rings is 2. The van der Waals surface area contributed by atoms with E-state index in [4.69, 9.17) is 21.2 Å². The molecule has 0 spiro atoms. The predicted octanol–water partition coefficient (Wildman–Crippen LogP) is 2.87. The maximum Gasteiger partial charge on any atom is 0.270 e. The third-order valence-corrected chi connectivity index (χ3v) is 4.57. The SMILES string of the molecule is COc1ccc(Cl)cc1NC(=O)/C=N\OCC(=O)N1CCc2ccccc2C1. The molecule has 0 unspecified atom stereocenters. The molecule has 0 saturated heterocycles. The monoisotopic (exact) mass is 401 g/mol. The van der Waals surface area contributed by atoms with Gasteiger partial charge in [-0.3, -0.25) is 9.59 Å². The van der Waals surface area contributed by atoms with Gasteiger partial charge in [-0.2, -0.15) is 0 Å². The van der Waals surface area contributed by atoms with Gasteiger partial charge in [0.2, 0.25) is 0 Å². The van der Waals surface area contributed by atoms with Gasteiger partial charge in [0.15, 0.2) is 6.61 Å². The molecule has 7 nitrogen and oxygen atoms in total. The molecule has 0 radical (unpaired) electrons. The van der Waals surface area contributed by atoms with Gasteiger partial charge in [-0.05, 0) is 35.7 Å². The highest BCUT2D eigenvalue weighted by atomic mass is 35.5. The lowest BCUT2D eigenvalue weighted by molar-refractivity contribution is -0.137. The molecule has 1 heterocycles. The summed E-state index contributed by atoms with van der Waals surface area (Å²) in [6.07, 6.45) is 1.77. The number of carbonyl (C=O) groups is 2. The van der Waals surface area contributed by atoms with Crippen molar-refractivity contribution in [3.8, 4) is 5.75 Å². The number of fused-ring (bicyclic) bond motifs is 1. The van der Waals surface area contributed by atoms with Crippen LogP contribution in [-0.4, -0.2) is 43.2 Å². The first-order valence-electron chi connectivity index (χ1n) is 8.71. The molecule has 146 valence electrons. The maximum absolute atomic E-state index is 12.3. The van der Waals surface area contributed by atoms with Crippen LogP contribution in [-0.2, 0) is 27.4 Å². The van der Waals surface area contributed by atoms with Crippen molar-refractivity contribution in [3.05, 3.63) is 58.6 Å².